The molecule has 3 aromatic rings. The minimum absolute atomic E-state index is 0.161. The molecule has 0 unspecified atom stereocenters. The molecule has 168 valence electrons. The first-order chi connectivity index (χ1) is 15.9. The standard InChI is InChI=1S/C24H17Cl3N2O3S/c1-31-21-8-7-14(9-15(21)13-32-22-12-18(26)17(25)11-19(22)27)10-20-23(30)29(24(33)28-20)16-5-3-2-4-6-16/h2-12H,13H2,1H3,(H,28,33)/b20-10+. The van der Waals surface area contributed by atoms with Crippen molar-refractivity contribution in [3.8, 4) is 11.5 Å². The Morgan fingerprint density at radius 1 is 0.970 bits per heavy atom. The van der Waals surface area contributed by atoms with Crippen LogP contribution in [0.4, 0.5) is 5.69 Å². The van der Waals surface area contributed by atoms with Gasteiger partial charge in [-0.3, -0.25) is 9.69 Å². The molecule has 5 nitrogen and oxygen atoms in total. The van der Waals surface area contributed by atoms with Gasteiger partial charge in [-0.2, -0.15) is 0 Å². The molecule has 1 aliphatic heterocycles. The second kappa shape index (κ2) is 10.0. The van der Waals surface area contributed by atoms with Crippen molar-refractivity contribution < 1.29 is 14.3 Å². The molecule has 0 spiro atoms. The summed E-state index contributed by atoms with van der Waals surface area (Å²) < 4.78 is 11.3. The average molecular weight is 520 g/mol. The highest BCUT2D eigenvalue weighted by molar-refractivity contribution is 7.80. The van der Waals surface area contributed by atoms with Gasteiger partial charge in [0, 0.05) is 11.6 Å². The largest absolute Gasteiger partial charge is 0.496 e. The van der Waals surface area contributed by atoms with Crippen molar-refractivity contribution in [3.05, 3.63) is 92.6 Å². The quantitative estimate of drug-likeness (QED) is 0.229. The van der Waals surface area contributed by atoms with E-state index < -0.39 is 0 Å². The maximum atomic E-state index is 13.0. The average Bonchev–Trinajstić information content (AvgIpc) is 3.08. The zero-order chi connectivity index (χ0) is 23.5. The van der Waals surface area contributed by atoms with Crippen LogP contribution in [0.2, 0.25) is 15.1 Å². The summed E-state index contributed by atoms with van der Waals surface area (Å²) in [5, 5.41) is 4.34. The van der Waals surface area contributed by atoms with Crippen molar-refractivity contribution >= 4 is 69.8 Å². The highest BCUT2D eigenvalue weighted by Gasteiger charge is 2.31. The predicted molar refractivity (Wildman–Crippen MR) is 136 cm³/mol. The van der Waals surface area contributed by atoms with Gasteiger partial charge in [0.25, 0.3) is 5.91 Å². The monoisotopic (exact) mass is 518 g/mol. The molecule has 0 radical (unpaired) electrons. The number of anilines is 1. The number of nitrogens with one attached hydrogen (secondary N) is 1. The number of methoxy groups -OCH3 is 1. The first-order valence-corrected chi connectivity index (χ1v) is 11.3. The van der Waals surface area contributed by atoms with Gasteiger partial charge in [0.05, 0.1) is 27.9 Å². The minimum atomic E-state index is -0.234. The topological polar surface area (TPSA) is 50.8 Å². The third-order valence-corrected chi connectivity index (χ3v) is 6.17. The zero-order valence-electron chi connectivity index (χ0n) is 17.3. The Bertz CT molecular complexity index is 1270. The molecule has 1 N–H and O–H groups in total. The number of halogens is 3. The fraction of sp³-hybridized carbons (Fsp3) is 0.0833. The zero-order valence-corrected chi connectivity index (χ0v) is 20.4. The van der Waals surface area contributed by atoms with Crippen LogP contribution in [0, 0.1) is 0 Å². The molecule has 0 bridgehead atoms. The van der Waals surface area contributed by atoms with Crippen molar-refractivity contribution in [2.24, 2.45) is 0 Å². The number of thiocarbonyl (C=S) groups is 1. The SMILES string of the molecule is COc1ccc(/C=C2/NC(=S)N(c3ccccc3)C2=O)cc1COc1cc(Cl)c(Cl)cc1Cl. The summed E-state index contributed by atoms with van der Waals surface area (Å²) >= 11 is 23.6. The molecule has 1 amide bonds. The Labute approximate surface area is 211 Å². The molecule has 0 aliphatic carbocycles. The van der Waals surface area contributed by atoms with Gasteiger partial charge in [0.2, 0.25) is 0 Å². The van der Waals surface area contributed by atoms with Crippen LogP contribution < -0.4 is 19.7 Å². The molecule has 33 heavy (non-hydrogen) atoms. The molecule has 1 heterocycles. The van der Waals surface area contributed by atoms with Gasteiger partial charge >= 0.3 is 0 Å². The molecule has 0 aromatic heterocycles. The van der Waals surface area contributed by atoms with E-state index in [0.717, 1.165) is 11.1 Å². The van der Waals surface area contributed by atoms with Crippen LogP contribution in [0.5, 0.6) is 11.5 Å². The van der Waals surface area contributed by atoms with Gasteiger partial charge in [0.1, 0.15) is 23.8 Å². The number of nitrogens with zero attached hydrogens (tertiary/aromatic N) is 1. The van der Waals surface area contributed by atoms with Crippen LogP contribution in [0.15, 0.2) is 66.4 Å². The van der Waals surface area contributed by atoms with Crippen LogP contribution in [-0.4, -0.2) is 18.1 Å². The van der Waals surface area contributed by atoms with E-state index in [9.17, 15) is 4.79 Å². The van der Waals surface area contributed by atoms with Crippen LogP contribution >= 0.6 is 47.0 Å². The summed E-state index contributed by atoms with van der Waals surface area (Å²) in [5.41, 5.74) is 2.59. The highest BCUT2D eigenvalue weighted by Crippen LogP contribution is 2.35. The fourth-order valence-corrected chi connectivity index (χ4v) is 4.17. The lowest BCUT2D eigenvalue weighted by atomic mass is 10.1. The Morgan fingerprint density at radius 2 is 1.70 bits per heavy atom. The van der Waals surface area contributed by atoms with Crippen LogP contribution in [0.25, 0.3) is 6.08 Å². The second-order valence-electron chi connectivity index (χ2n) is 7.02. The molecule has 0 saturated carbocycles. The number of rotatable bonds is 6. The van der Waals surface area contributed by atoms with Crippen molar-refractivity contribution in [2.45, 2.75) is 6.61 Å². The molecule has 1 saturated heterocycles. The Balaban J connectivity index is 1.58. The number of ether oxygens (including phenoxy) is 2. The fourth-order valence-electron chi connectivity index (χ4n) is 3.28. The summed E-state index contributed by atoms with van der Waals surface area (Å²) in [6.07, 6.45) is 1.73. The first-order valence-electron chi connectivity index (χ1n) is 9.74. The molecule has 1 fully saturated rings. The summed E-state index contributed by atoms with van der Waals surface area (Å²) in [4.78, 5) is 14.4. The Hall–Kier alpha value is -2.77. The third kappa shape index (κ3) is 5.09. The summed E-state index contributed by atoms with van der Waals surface area (Å²) in [7, 11) is 1.57. The number of hydrogen-bond acceptors (Lipinski definition) is 4. The molecular weight excluding hydrogens is 503 g/mol. The lowest BCUT2D eigenvalue weighted by molar-refractivity contribution is -0.113. The second-order valence-corrected chi connectivity index (χ2v) is 8.63. The molecule has 4 rings (SSSR count). The van der Waals surface area contributed by atoms with Crippen molar-refractivity contribution in [2.75, 3.05) is 12.0 Å². The van der Waals surface area contributed by atoms with Gasteiger partial charge < -0.3 is 14.8 Å². The van der Waals surface area contributed by atoms with E-state index in [2.05, 4.69) is 5.32 Å². The van der Waals surface area contributed by atoms with Gasteiger partial charge in [0.15, 0.2) is 5.11 Å². The molecule has 9 heteroatoms. The van der Waals surface area contributed by atoms with Crippen molar-refractivity contribution in [1.29, 1.82) is 0 Å². The van der Waals surface area contributed by atoms with Crippen LogP contribution in [0.3, 0.4) is 0 Å². The maximum Gasteiger partial charge on any atom is 0.281 e. The lowest BCUT2D eigenvalue weighted by Gasteiger charge is -2.13. The van der Waals surface area contributed by atoms with E-state index in [0.29, 0.717) is 43.1 Å². The summed E-state index contributed by atoms with van der Waals surface area (Å²) in [5.74, 6) is 0.788. The third-order valence-electron chi connectivity index (χ3n) is 4.87. The normalized spacial score (nSPS) is 14.5. The minimum Gasteiger partial charge on any atom is -0.496 e. The number of carbonyl (C=O) groups is 1. The maximum absolute atomic E-state index is 13.0. The van der Waals surface area contributed by atoms with Gasteiger partial charge in [-0.05, 0) is 54.2 Å². The van der Waals surface area contributed by atoms with E-state index in [1.807, 2.05) is 42.5 Å². The smallest absolute Gasteiger partial charge is 0.281 e. The number of para-hydroxylation sites is 1. The van der Waals surface area contributed by atoms with E-state index in [1.54, 1.807) is 25.3 Å². The number of carbonyl (C=O) groups excluding carboxylic acids is 1. The van der Waals surface area contributed by atoms with E-state index in [4.69, 9.17) is 56.5 Å². The Morgan fingerprint density at radius 3 is 2.42 bits per heavy atom. The van der Waals surface area contributed by atoms with E-state index in [1.165, 1.54) is 11.0 Å². The van der Waals surface area contributed by atoms with Crippen LogP contribution in [-0.2, 0) is 11.4 Å². The molecule has 0 atom stereocenters. The molecular formula is C24H17Cl3N2O3S. The van der Waals surface area contributed by atoms with Crippen molar-refractivity contribution in [1.82, 2.24) is 5.32 Å². The predicted octanol–water partition coefficient (Wildman–Crippen LogP) is 6.50. The summed E-state index contributed by atoms with van der Waals surface area (Å²) in [6.45, 7) is 0.161. The highest BCUT2D eigenvalue weighted by atomic mass is 35.5. The van der Waals surface area contributed by atoms with E-state index >= 15 is 0 Å². The van der Waals surface area contributed by atoms with Gasteiger partial charge in [-0.1, -0.05) is 59.1 Å². The molecule has 3 aromatic carbocycles. The number of hydrogen-bond donors (Lipinski definition) is 1. The number of benzene rings is 3. The first kappa shape index (κ1) is 23.4. The van der Waals surface area contributed by atoms with Crippen molar-refractivity contribution in [3.63, 3.8) is 0 Å². The van der Waals surface area contributed by atoms with Crippen LogP contribution in [0.1, 0.15) is 11.1 Å². The Kier molecular flexibility index (Phi) is 7.10. The van der Waals surface area contributed by atoms with E-state index in [-0.39, 0.29) is 12.5 Å². The van der Waals surface area contributed by atoms with Gasteiger partial charge in [-0.25, -0.2) is 0 Å². The van der Waals surface area contributed by atoms with Gasteiger partial charge in [-0.15, -0.1) is 0 Å². The number of amides is 1. The lowest BCUT2D eigenvalue weighted by Crippen LogP contribution is -2.30. The molecule has 1 aliphatic rings. The summed E-state index contributed by atoms with van der Waals surface area (Å²) in [6, 6.07) is 17.8.